The van der Waals surface area contributed by atoms with Crippen molar-refractivity contribution >= 4 is 12.1 Å². The van der Waals surface area contributed by atoms with E-state index in [0.29, 0.717) is 11.5 Å². The third-order valence-electron chi connectivity index (χ3n) is 28.4. The van der Waals surface area contributed by atoms with Crippen LogP contribution < -0.4 is 0 Å². The van der Waals surface area contributed by atoms with E-state index in [9.17, 15) is 9.59 Å². The molecule has 8 heteroatoms. The number of esters is 1. The Hall–Kier alpha value is -1.38. The molecular weight excluding hydrogens is 1060 g/mol. The maximum absolute atomic E-state index is 13.3. The third-order valence-corrected chi connectivity index (χ3v) is 28.4. The molecule has 0 aromatic rings. The molecule has 11 rings (SSSR count). The van der Waals surface area contributed by atoms with Crippen LogP contribution in [0.1, 0.15) is 336 Å². The van der Waals surface area contributed by atoms with E-state index in [4.69, 9.17) is 18.9 Å². The molecule has 0 heterocycles. The molecule has 0 spiro atoms. The topological polar surface area (TPSA) is 77.5 Å². The second kappa shape index (κ2) is 32.0. The average molecular weight is 1200 g/mol. The highest BCUT2D eigenvalue weighted by atomic mass is 16.7. The van der Waals surface area contributed by atoms with Crippen molar-refractivity contribution in [2.75, 3.05) is 7.11 Å². The average Bonchev–Trinajstić information content (AvgIpc) is 3.66. The number of hydrogen-bond acceptors (Lipinski definition) is 8. The molecule has 86 heavy (non-hydrogen) atoms. The lowest BCUT2D eigenvalue weighted by Gasteiger charge is -2.54. The molecule has 11 aliphatic carbocycles. The Morgan fingerprint density at radius 1 is 0.372 bits per heavy atom. The first-order chi connectivity index (χ1) is 41.9. The minimum Gasteiger partial charge on any atom is -0.463 e. The van der Waals surface area contributed by atoms with Crippen LogP contribution in [0.2, 0.25) is 0 Å². The second-order valence-corrected chi connectivity index (χ2v) is 33.8. The Kier molecular flexibility index (Phi) is 24.6. The van der Waals surface area contributed by atoms with Crippen molar-refractivity contribution in [2.45, 2.75) is 397 Å². The number of rotatable bonds is 19. The molecule has 11 aliphatic rings. The number of carbonyl (C=O) groups excluding carboxylic acids is 2. The van der Waals surface area contributed by atoms with Crippen molar-refractivity contribution in [3.05, 3.63) is 0 Å². The Labute approximate surface area is 528 Å². The summed E-state index contributed by atoms with van der Waals surface area (Å²) in [6.07, 6.45) is 63.6. The third kappa shape index (κ3) is 17.3. The minimum absolute atomic E-state index is 0.00470. The maximum atomic E-state index is 13.3. The highest BCUT2D eigenvalue weighted by Gasteiger charge is 2.49. The van der Waals surface area contributed by atoms with E-state index in [1.54, 1.807) is 6.92 Å². The van der Waals surface area contributed by atoms with E-state index in [0.717, 1.165) is 146 Å². The Balaban J connectivity index is 0.600. The molecule has 8 nitrogen and oxygen atoms in total. The summed E-state index contributed by atoms with van der Waals surface area (Å²) in [5.41, 5.74) is 0.426. The van der Waals surface area contributed by atoms with E-state index in [2.05, 4.69) is 37.5 Å². The monoisotopic (exact) mass is 1200 g/mol. The van der Waals surface area contributed by atoms with Crippen LogP contribution in [0.25, 0.3) is 0 Å². The Bertz CT molecular complexity index is 1990. The predicted octanol–water partition coefficient (Wildman–Crippen LogP) is 20.6. The van der Waals surface area contributed by atoms with Gasteiger partial charge in [-0.15, -0.1) is 0 Å². The molecule has 0 saturated heterocycles. The first-order valence-corrected chi connectivity index (χ1v) is 39.0. The van der Waals surface area contributed by atoms with Gasteiger partial charge in [0.25, 0.3) is 0 Å². The molecule has 0 aliphatic heterocycles. The van der Waals surface area contributed by atoms with Crippen molar-refractivity contribution in [3.8, 4) is 0 Å². The fourth-order valence-electron chi connectivity index (χ4n) is 23.6. The van der Waals surface area contributed by atoms with Crippen molar-refractivity contribution in [1.29, 1.82) is 0 Å². The lowest BCUT2D eigenvalue weighted by atomic mass is 9.53. The summed E-state index contributed by atoms with van der Waals surface area (Å²) < 4.78 is 23.6. The molecule has 11 saturated carbocycles. The molecule has 0 aromatic carbocycles. The number of methoxy groups -OCH3 is 1. The van der Waals surface area contributed by atoms with Crippen molar-refractivity contribution in [1.82, 2.24) is 9.80 Å². The van der Waals surface area contributed by atoms with Gasteiger partial charge in [0.15, 0.2) is 0 Å². The summed E-state index contributed by atoms with van der Waals surface area (Å²) in [6, 6.07) is 4.90. The zero-order valence-electron chi connectivity index (χ0n) is 56.8. The van der Waals surface area contributed by atoms with Crippen molar-refractivity contribution in [3.63, 3.8) is 0 Å². The van der Waals surface area contributed by atoms with Crippen LogP contribution in [-0.4, -0.2) is 89.7 Å². The zero-order chi connectivity index (χ0) is 59.6. The van der Waals surface area contributed by atoms with Crippen molar-refractivity contribution in [2.24, 2.45) is 76.4 Å². The number of ether oxygens (including phenoxy) is 4. The van der Waals surface area contributed by atoms with E-state index < -0.39 is 6.16 Å². The molecule has 0 bridgehead atoms. The van der Waals surface area contributed by atoms with Gasteiger partial charge in [-0.3, -0.25) is 14.6 Å². The lowest BCUT2D eigenvalue weighted by molar-refractivity contribution is -0.149. The molecular formula is C78H134N2O6. The van der Waals surface area contributed by atoms with E-state index >= 15 is 0 Å². The van der Waals surface area contributed by atoms with Gasteiger partial charge in [0.05, 0.1) is 6.10 Å². The number of hydrogen-bond donors (Lipinski definition) is 0. The molecule has 10 atom stereocenters. The molecule has 11 fully saturated rings. The second-order valence-electron chi connectivity index (χ2n) is 33.8. The summed E-state index contributed by atoms with van der Waals surface area (Å²) >= 11 is 0. The largest absolute Gasteiger partial charge is 0.508 e. The van der Waals surface area contributed by atoms with Crippen LogP contribution in [0.5, 0.6) is 0 Å². The van der Waals surface area contributed by atoms with Gasteiger partial charge in [-0.1, -0.05) is 98.3 Å². The van der Waals surface area contributed by atoms with Crippen LogP contribution in [0.15, 0.2) is 0 Å². The summed E-state index contributed by atoms with van der Waals surface area (Å²) in [5.74, 6) is 10.3. The normalized spacial score (nSPS) is 43.0. The van der Waals surface area contributed by atoms with Gasteiger partial charge in [0.2, 0.25) is 0 Å². The molecule has 10 unspecified atom stereocenters. The first-order valence-electron chi connectivity index (χ1n) is 39.0. The SMILES string of the molecule is COC1CCC(CCC2CCC(N(C3CCCC(C)C3)C3CCC(C4CCC(N(C5CCC(CCC6CCC(OC(=O)OC7CCC(C8(C9CCC(OC(C)=O)CC9)CCCCC8)CC7)CC6)CC5)C5CCCC(C)C5)C(C)C4)CC3C)CC2)CC1. The maximum Gasteiger partial charge on any atom is 0.508 e. The molecule has 0 aromatic heterocycles. The smallest absolute Gasteiger partial charge is 0.463 e. The molecule has 492 valence electrons. The minimum atomic E-state index is -0.397. The number of nitrogens with zero attached hydrogens (tertiary/aromatic N) is 2. The van der Waals surface area contributed by atoms with Gasteiger partial charge < -0.3 is 18.9 Å². The van der Waals surface area contributed by atoms with Crippen molar-refractivity contribution < 1.29 is 28.5 Å². The standard InChI is InChI=1S/C78H134N2O6/c1-54-12-10-14-69(50-54)79(67-34-20-59(21-35-67)16-18-61-24-38-71(83-6)39-25-61)75-46-28-63(52-56(75)3)64-29-47-76(57(4)53-64)80(70-15-11-13-55(2)51-70)68-36-22-60(23-37-68)17-19-62-26-40-73(41-27-62)85-77(82)86-74-44-32-66(33-45-74)78(48-8-7-9-49-78)65-30-42-72(43-31-65)84-58(5)81/h54-57,59-76H,7-53H2,1-6H3. The van der Waals surface area contributed by atoms with Gasteiger partial charge in [0, 0.05) is 50.3 Å². The summed E-state index contributed by atoms with van der Waals surface area (Å²) in [6.45, 7) is 12.2. The van der Waals surface area contributed by atoms with Crippen LogP contribution in [-0.2, 0) is 23.7 Å². The van der Waals surface area contributed by atoms with Crippen LogP contribution in [0, 0.1) is 76.4 Å². The summed E-state index contributed by atoms with van der Waals surface area (Å²) in [5, 5.41) is 0. The summed E-state index contributed by atoms with van der Waals surface area (Å²) in [7, 11) is 1.92. The summed E-state index contributed by atoms with van der Waals surface area (Å²) in [4.78, 5) is 31.5. The van der Waals surface area contributed by atoms with Crippen LogP contribution in [0.3, 0.4) is 0 Å². The van der Waals surface area contributed by atoms with Crippen LogP contribution >= 0.6 is 0 Å². The van der Waals surface area contributed by atoms with Gasteiger partial charge >= 0.3 is 12.1 Å². The molecule has 0 N–H and O–H groups in total. The predicted molar refractivity (Wildman–Crippen MR) is 352 cm³/mol. The first kappa shape index (κ1) is 66.1. The van der Waals surface area contributed by atoms with Crippen LogP contribution in [0.4, 0.5) is 4.79 Å². The van der Waals surface area contributed by atoms with Gasteiger partial charge in [-0.05, 0) is 308 Å². The van der Waals surface area contributed by atoms with E-state index in [-0.39, 0.29) is 24.3 Å². The van der Waals surface area contributed by atoms with E-state index in [1.807, 2.05) is 7.11 Å². The van der Waals surface area contributed by atoms with Gasteiger partial charge in [-0.25, -0.2) is 4.79 Å². The van der Waals surface area contributed by atoms with Gasteiger partial charge in [0.1, 0.15) is 18.3 Å². The lowest BCUT2D eigenvalue weighted by Crippen LogP contribution is -2.56. The molecule has 0 radical (unpaired) electrons. The molecule has 0 amide bonds. The highest BCUT2D eigenvalue weighted by molar-refractivity contribution is 5.66. The quantitative estimate of drug-likeness (QED) is 0.118. The van der Waals surface area contributed by atoms with E-state index in [1.165, 1.54) is 263 Å². The fraction of sp³-hybridized carbons (Fsp3) is 0.974. The van der Waals surface area contributed by atoms with Gasteiger partial charge in [-0.2, -0.15) is 0 Å². The fourth-order valence-corrected chi connectivity index (χ4v) is 23.6. The number of carbonyl (C=O) groups is 2. The highest BCUT2D eigenvalue weighted by Crippen LogP contribution is 2.57. The Morgan fingerprint density at radius 2 is 0.744 bits per heavy atom. The Morgan fingerprint density at radius 3 is 1.12 bits per heavy atom. The zero-order valence-corrected chi connectivity index (χ0v) is 56.8.